The first-order chi connectivity index (χ1) is 13.4. The number of nitriles is 1. The van der Waals surface area contributed by atoms with E-state index in [0.717, 1.165) is 37.8 Å². The summed E-state index contributed by atoms with van der Waals surface area (Å²) in [5.74, 6) is 0.185. The second kappa shape index (κ2) is 8.82. The Morgan fingerprint density at radius 2 is 2.00 bits per heavy atom. The minimum Gasteiger partial charge on any atom is -0.490 e. The van der Waals surface area contributed by atoms with Gasteiger partial charge < -0.3 is 15.0 Å². The van der Waals surface area contributed by atoms with E-state index in [1.165, 1.54) is 6.07 Å². The van der Waals surface area contributed by atoms with Crippen molar-refractivity contribution in [3.05, 3.63) is 29.8 Å². The number of nitrogens with zero attached hydrogens (tertiary/aromatic N) is 2. The molecule has 1 aliphatic heterocycles. The van der Waals surface area contributed by atoms with Crippen LogP contribution >= 0.6 is 0 Å². The molecule has 8 heteroatoms. The molecule has 0 unspecified atom stereocenters. The number of amides is 1. The van der Waals surface area contributed by atoms with Gasteiger partial charge in [-0.05, 0) is 56.7 Å². The Labute approximate surface area is 162 Å². The highest BCUT2D eigenvalue weighted by molar-refractivity contribution is 5.79. The lowest BCUT2D eigenvalue weighted by Gasteiger charge is -2.30. The molecule has 1 aromatic rings. The summed E-state index contributed by atoms with van der Waals surface area (Å²) in [6, 6.07) is 6.98. The summed E-state index contributed by atoms with van der Waals surface area (Å²) in [7, 11) is 0. The summed E-state index contributed by atoms with van der Waals surface area (Å²) >= 11 is 0. The van der Waals surface area contributed by atoms with Crippen LogP contribution in [0.15, 0.2) is 24.3 Å². The van der Waals surface area contributed by atoms with Crippen molar-refractivity contribution in [2.75, 3.05) is 13.1 Å². The zero-order valence-corrected chi connectivity index (χ0v) is 15.5. The van der Waals surface area contributed by atoms with Gasteiger partial charge in [-0.1, -0.05) is 6.07 Å². The molecule has 1 aromatic carbocycles. The van der Waals surface area contributed by atoms with Crippen LogP contribution in [0.2, 0.25) is 0 Å². The number of likely N-dealkylation sites (tertiary alicyclic amines) is 1. The second-order valence-electron chi connectivity index (χ2n) is 7.37. The number of alkyl halides is 3. The minimum atomic E-state index is -4.38. The van der Waals surface area contributed by atoms with Crippen molar-refractivity contribution in [2.45, 2.75) is 62.9 Å². The minimum absolute atomic E-state index is 0.0496. The van der Waals surface area contributed by atoms with Crippen LogP contribution < -0.4 is 10.1 Å². The zero-order valence-electron chi connectivity index (χ0n) is 15.5. The van der Waals surface area contributed by atoms with Crippen LogP contribution in [0.3, 0.4) is 0 Å². The number of nitrogens with one attached hydrogen (secondary N) is 1. The summed E-state index contributed by atoms with van der Waals surface area (Å²) in [6.07, 6.45) is 0.102. The van der Waals surface area contributed by atoms with Crippen molar-refractivity contribution >= 4 is 5.91 Å². The van der Waals surface area contributed by atoms with Gasteiger partial charge in [-0.15, -0.1) is 0 Å². The molecular formula is C20H24F3N3O2. The molecule has 28 heavy (non-hydrogen) atoms. The van der Waals surface area contributed by atoms with E-state index in [0.29, 0.717) is 19.4 Å². The molecule has 0 radical (unpaired) electrons. The van der Waals surface area contributed by atoms with Crippen molar-refractivity contribution in [3.8, 4) is 11.8 Å². The van der Waals surface area contributed by atoms with Crippen LogP contribution in [-0.2, 0) is 11.0 Å². The summed E-state index contributed by atoms with van der Waals surface area (Å²) in [6.45, 7) is 0.846. The van der Waals surface area contributed by atoms with Gasteiger partial charge in [0.15, 0.2) is 0 Å². The van der Waals surface area contributed by atoms with E-state index < -0.39 is 11.7 Å². The molecule has 1 aliphatic carbocycles. The average molecular weight is 395 g/mol. The molecule has 1 amide bonds. The maximum atomic E-state index is 12.8. The Morgan fingerprint density at radius 3 is 2.68 bits per heavy atom. The molecular weight excluding hydrogens is 371 g/mol. The summed E-state index contributed by atoms with van der Waals surface area (Å²) in [5, 5.41) is 12.3. The molecule has 1 N–H and O–H groups in total. The Kier molecular flexibility index (Phi) is 6.45. The van der Waals surface area contributed by atoms with Gasteiger partial charge in [-0.3, -0.25) is 4.79 Å². The SMILES string of the molecule is N#C[C@@H]1CCCN1C(=O)CNC1CCC(Oc2cccc(C(F)(F)F)c2)CC1. The van der Waals surface area contributed by atoms with Gasteiger partial charge in [0.1, 0.15) is 11.8 Å². The number of rotatable bonds is 5. The van der Waals surface area contributed by atoms with Gasteiger partial charge in [0, 0.05) is 12.6 Å². The van der Waals surface area contributed by atoms with Gasteiger partial charge in [-0.2, -0.15) is 18.4 Å². The number of carbonyl (C=O) groups is 1. The predicted octanol–water partition coefficient (Wildman–Crippen LogP) is 3.50. The van der Waals surface area contributed by atoms with E-state index in [4.69, 9.17) is 10.00 Å². The molecule has 3 rings (SSSR count). The fraction of sp³-hybridized carbons (Fsp3) is 0.600. The normalized spacial score (nSPS) is 25.4. The van der Waals surface area contributed by atoms with Gasteiger partial charge in [0.05, 0.1) is 24.3 Å². The number of hydrogen-bond acceptors (Lipinski definition) is 4. The number of carbonyl (C=O) groups excluding carboxylic acids is 1. The average Bonchev–Trinajstić information content (AvgIpc) is 3.16. The summed E-state index contributed by atoms with van der Waals surface area (Å²) < 4.78 is 44.1. The summed E-state index contributed by atoms with van der Waals surface area (Å²) in [5.41, 5.74) is -0.712. The molecule has 0 aromatic heterocycles. The smallest absolute Gasteiger partial charge is 0.416 e. The molecule has 2 aliphatic rings. The van der Waals surface area contributed by atoms with E-state index in [1.54, 1.807) is 11.0 Å². The highest BCUT2D eigenvalue weighted by atomic mass is 19.4. The third-order valence-corrected chi connectivity index (χ3v) is 5.40. The molecule has 1 saturated carbocycles. The lowest BCUT2D eigenvalue weighted by molar-refractivity contribution is -0.137. The lowest BCUT2D eigenvalue weighted by Crippen LogP contribution is -2.45. The number of hydrogen-bond donors (Lipinski definition) is 1. The van der Waals surface area contributed by atoms with E-state index >= 15 is 0 Å². The standard InChI is InChI=1S/C20H24F3N3O2/c21-20(22,23)14-3-1-5-18(11-14)28-17-8-6-15(7-9-17)25-13-19(27)26-10-2-4-16(26)12-24/h1,3,5,11,15-17,25H,2,4,6-10,13H2/t15?,16-,17?/m0/s1. The van der Waals surface area contributed by atoms with Crippen LogP contribution in [0, 0.1) is 11.3 Å². The number of ether oxygens (including phenoxy) is 1. The quantitative estimate of drug-likeness (QED) is 0.829. The molecule has 5 nitrogen and oxygen atoms in total. The number of benzene rings is 1. The van der Waals surface area contributed by atoms with Gasteiger partial charge in [-0.25, -0.2) is 0 Å². The van der Waals surface area contributed by atoms with Crippen molar-refractivity contribution in [1.29, 1.82) is 5.26 Å². The van der Waals surface area contributed by atoms with E-state index in [1.807, 2.05) is 0 Å². The van der Waals surface area contributed by atoms with Crippen LogP contribution in [-0.4, -0.2) is 42.1 Å². The van der Waals surface area contributed by atoms with Gasteiger partial charge in [0.25, 0.3) is 0 Å². The highest BCUT2D eigenvalue weighted by Gasteiger charge is 2.31. The largest absolute Gasteiger partial charge is 0.490 e. The maximum Gasteiger partial charge on any atom is 0.416 e. The topological polar surface area (TPSA) is 65.4 Å². The molecule has 2 fully saturated rings. The fourth-order valence-electron chi connectivity index (χ4n) is 3.86. The van der Waals surface area contributed by atoms with Crippen molar-refractivity contribution in [3.63, 3.8) is 0 Å². The molecule has 0 spiro atoms. The van der Waals surface area contributed by atoms with Gasteiger partial charge in [0.2, 0.25) is 5.91 Å². The van der Waals surface area contributed by atoms with Crippen LogP contribution in [0.5, 0.6) is 5.75 Å². The van der Waals surface area contributed by atoms with Gasteiger partial charge >= 0.3 is 6.18 Å². The first kappa shape index (κ1) is 20.5. The second-order valence-corrected chi connectivity index (χ2v) is 7.37. The molecule has 152 valence electrons. The molecule has 1 heterocycles. The first-order valence-electron chi connectivity index (χ1n) is 9.63. The van der Waals surface area contributed by atoms with E-state index in [9.17, 15) is 18.0 Å². The Morgan fingerprint density at radius 1 is 1.25 bits per heavy atom. The molecule has 1 saturated heterocycles. The lowest BCUT2D eigenvalue weighted by atomic mass is 9.93. The van der Waals surface area contributed by atoms with Crippen molar-refractivity contribution in [1.82, 2.24) is 10.2 Å². The van der Waals surface area contributed by atoms with Crippen molar-refractivity contribution < 1.29 is 22.7 Å². The zero-order chi connectivity index (χ0) is 20.1. The van der Waals surface area contributed by atoms with E-state index in [2.05, 4.69) is 11.4 Å². The Balaban J connectivity index is 1.42. The van der Waals surface area contributed by atoms with Crippen molar-refractivity contribution in [2.24, 2.45) is 0 Å². The van der Waals surface area contributed by atoms with E-state index in [-0.39, 0.29) is 36.4 Å². The first-order valence-corrected chi connectivity index (χ1v) is 9.63. The number of halogens is 3. The highest BCUT2D eigenvalue weighted by Crippen LogP contribution is 2.32. The maximum absolute atomic E-state index is 12.8. The summed E-state index contributed by atoms with van der Waals surface area (Å²) in [4.78, 5) is 13.9. The molecule has 0 bridgehead atoms. The monoisotopic (exact) mass is 395 g/mol. The Hall–Kier alpha value is -2.27. The van der Waals surface area contributed by atoms with Crippen LogP contribution in [0.25, 0.3) is 0 Å². The third-order valence-electron chi connectivity index (χ3n) is 5.40. The van der Waals surface area contributed by atoms with Crippen LogP contribution in [0.4, 0.5) is 13.2 Å². The fourth-order valence-corrected chi connectivity index (χ4v) is 3.86. The third kappa shape index (κ3) is 5.16. The Bertz CT molecular complexity index is 724. The van der Waals surface area contributed by atoms with Crippen LogP contribution in [0.1, 0.15) is 44.1 Å². The predicted molar refractivity (Wildman–Crippen MR) is 96.5 cm³/mol. The molecule has 1 atom stereocenters.